The summed E-state index contributed by atoms with van der Waals surface area (Å²) < 4.78 is 15.1. The monoisotopic (exact) mass is 574 g/mol. The fraction of sp³-hybridized carbons (Fsp3) is 0. The second kappa shape index (κ2) is 8.28. The molecule has 11 rings (SSSR count). The minimum Gasteiger partial charge on any atom is -0.456 e. The Morgan fingerprint density at radius 1 is 0.444 bits per heavy atom. The van der Waals surface area contributed by atoms with Gasteiger partial charge in [0.1, 0.15) is 16.7 Å². The van der Waals surface area contributed by atoms with Crippen LogP contribution in [0.25, 0.3) is 105 Å². The minimum atomic E-state index is 0.598. The highest BCUT2D eigenvalue weighted by Gasteiger charge is 2.25. The Kier molecular flexibility index (Phi) is 4.29. The van der Waals surface area contributed by atoms with Gasteiger partial charge in [-0.05, 0) is 81.6 Å². The van der Waals surface area contributed by atoms with Crippen molar-refractivity contribution < 1.29 is 8.83 Å². The number of hydrogen-bond donors (Lipinski definition) is 0. The third-order valence-electron chi connectivity index (χ3n) is 9.57. The van der Waals surface area contributed by atoms with E-state index in [0.29, 0.717) is 5.89 Å². The van der Waals surface area contributed by atoms with Crippen molar-refractivity contribution >= 4 is 65.6 Å². The zero-order valence-electron chi connectivity index (χ0n) is 23.9. The lowest BCUT2D eigenvalue weighted by atomic mass is 9.93. The van der Waals surface area contributed by atoms with E-state index < -0.39 is 0 Å². The maximum Gasteiger partial charge on any atom is 0.228 e. The number of oxazole rings is 1. The number of fused-ring (bicyclic) bond motifs is 7. The molecule has 0 radical (unpaired) electrons. The predicted octanol–water partition coefficient (Wildman–Crippen LogP) is 11.3. The number of benzene rings is 7. The van der Waals surface area contributed by atoms with Crippen LogP contribution >= 0.6 is 0 Å². The topological polar surface area (TPSA) is 44.1 Å². The van der Waals surface area contributed by atoms with E-state index in [0.717, 1.165) is 44.3 Å². The molecule has 0 fully saturated rings. The zero-order valence-corrected chi connectivity index (χ0v) is 23.9. The molecule has 1 aliphatic rings. The fourth-order valence-electron chi connectivity index (χ4n) is 7.73. The molecule has 7 aromatic carbocycles. The summed E-state index contributed by atoms with van der Waals surface area (Å²) in [5, 5.41) is 7.20. The standard InChI is InChI=1S/C41H22N2O2/c1-2-10-26-25(9-1)27-11-5-8-23-18-21-33-40(37(23)27)39-28(26)12-6-15-32(39)43(33)24-19-20-29-36(22-24)44-35-17-7-13-30(38(29)35)41-42-31-14-3-4-16-34(31)45-41/h1-22H. The fourth-order valence-corrected chi connectivity index (χ4v) is 7.73. The lowest BCUT2D eigenvalue weighted by Crippen LogP contribution is -1.94. The summed E-state index contributed by atoms with van der Waals surface area (Å²) in [6, 6.07) is 47.2. The minimum absolute atomic E-state index is 0.598. The Bertz CT molecular complexity index is 2850. The zero-order chi connectivity index (χ0) is 29.2. The first-order valence-corrected chi connectivity index (χ1v) is 15.2. The first-order valence-electron chi connectivity index (χ1n) is 15.2. The lowest BCUT2D eigenvalue weighted by molar-refractivity contribution is 0.620. The van der Waals surface area contributed by atoms with Crippen LogP contribution in [-0.4, -0.2) is 9.55 Å². The SMILES string of the molecule is c1ccc2c(c1)-c1cccc3ccc4c(c13)c1c-2cccc1n4-c1ccc2c(c1)oc1cccc(-c3nc4ccccc4o3)c12. The Morgan fingerprint density at radius 2 is 1.16 bits per heavy atom. The van der Waals surface area contributed by atoms with Gasteiger partial charge in [0.05, 0.1) is 11.0 Å². The van der Waals surface area contributed by atoms with Crippen molar-refractivity contribution in [2.45, 2.75) is 0 Å². The summed E-state index contributed by atoms with van der Waals surface area (Å²) in [5.41, 5.74) is 12.7. The van der Waals surface area contributed by atoms with Gasteiger partial charge in [-0.2, -0.15) is 0 Å². The van der Waals surface area contributed by atoms with Crippen LogP contribution in [0.15, 0.2) is 142 Å². The van der Waals surface area contributed by atoms with E-state index in [9.17, 15) is 0 Å². The van der Waals surface area contributed by atoms with Crippen molar-refractivity contribution in [3.63, 3.8) is 0 Å². The molecular weight excluding hydrogens is 552 g/mol. The van der Waals surface area contributed by atoms with E-state index >= 15 is 0 Å². The van der Waals surface area contributed by atoms with Gasteiger partial charge < -0.3 is 13.4 Å². The Morgan fingerprint density at radius 3 is 2.04 bits per heavy atom. The molecule has 0 atom stereocenters. The van der Waals surface area contributed by atoms with Gasteiger partial charge in [-0.1, -0.05) is 78.9 Å². The first-order chi connectivity index (χ1) is 22.3. The predicted molar refractivity (Wildman–Crippen MR) is 183 cm³/mol. The van der Waals surface area contributed by atoms with E-state index in [4.69, 9.17) is 13.8 Å². The van der Waals surface area contributed by atoms with Crippen molar-refractivity contribution in [2.75, 3.05) is 0 Å². The highest BCUT2D eigenvalue weighted by Crippen LogP contribution is 2.49. The van der Waals surface area contributed by atoms with E-state index in [1.165, 1.54) is 54.8 Å². The average molecular weight is 575 g/mol. The maximum absolute atomic E-state index is 6.54. The van der Waals surface area contributed by atoms with E-state index in [2.05, 4.69) is 102 Å². The summed E-state index contributed by atoms with van der Waals surface area (Å²) in [5.74, 6) is 0.598. The van der Waals surface area contributed by atoms with Crippen LogP contribution in [0.3, 0.4) is 0 Å². The molecular formula is C41H22N2O2. The van der Waals surface area contributed by atoms with Crippen molar-refractivity contribution in [2.24, 2.45) is 0 Å². The molecule has 0 aliphatic heterocycles. The van der Waals surface area contributed by atoms with Gasteiger partial charge in [-0.25, -0.2) is 4.98 Å². The summed E-state index contributed by atoms with van der Waals surface area (Å²) in [4.78, 5) is 4.80. The van der Waals surface area contributed by atoms with Crippen molar-refractivity contribution in [3.05, 3.63) is 133 Å². The van der Waals surface area contributed by atoms with E-state index in [1.807, 2.05) is 36.4 Å². The van der Waals surface area contributed by atoms with Gasteiger partial charge in [-0.3, -0.25) is 0 Å². The summed E-state index contributed by atoms with van der Waals surface area (Å²) in [6.45, 7) is 0. The largest absolute Gasteiger partial charge is 0.456 e. The van der Waals surface area contributed by atoms with Crippen LogP contribution in [0.2, 0.25) is 0 Å². The highest BCUT2D eigenvalue weighted by molar-refractivity contribution is 6.30. The molecule has 4 heteroatoms. The molecule has 4 nitrogen and oxygen atoms in total. The molecule has 0 saturated heterocycles. The van der Waals surface area contributed by atoms with Crippen LogP contribution in [0.5, 0.6) is 0 Å². The summed E-state index contributed by atoms with van der Waals surface area (Å²) in [6.07, 6.45) is 0. The quantitative estimate of drug-likeness (QED) is 0.206. The number of nitrogens with zero attached hydrogens (tertiary/aromatic N) is 2. The van der Waals surface area contributed by atoms with E-state index in [-0.39, 0.29) is 0 Å². The number of para-hydroxylation sites is 2. The van der Waals surface area contributed by atoms with Crippen LogP contribution in [-0.2, 0) is 0 Å². The molecule has 0 amide bonds. The molecule has 0 saturated carbocycles. The highest BCUT2D eigenvalue weighted by atomic mass is 16.3. The summed E-state index contributed by atoms with van der Waals surface area (Å²) >= 11 is 0. The average Bonchev–Trinajstić information content (AvgIpc) is 3.76. The van der Waals surface area contributed by atoms with Crippen LogP contribution in [0.4, 0.5) is 0 Å². The molecule has 0 N–H and O–H groups in total. The van der Waals surface area contributed by atoms with Gasteiger partial charge in [0, 0.05) is 38.9 Å². The number of rotatable bonds is 2. The number of hydrogen-bond acceptors (Lipinski definition) is 3. The number of furan rings is 1. The third kappa shape index (κ3) is 2.98. The lowest BCUT2D eigenvalue weighted by Gasteiger charge is -2.13. The van der Waals surface area contributed by atoms with E-state index in [1.54, 1.807) is 0 Å². The first kappa shape index (κ1) is 23.3. The molecule has 0 bridgehead atoms. The normalized spacial score (nSPS) is 12.4. The van der Waals surface area contributed by atoms with Gasteiger partial charge in [-0.15, -0.1) is 0 Å². The molecule has 45 heavy (non-hydrogen) atoms. The molecule has 0 unspecified atom stereocenters. The van der Waals surface area contributed by atoms with Crippen LogP contribution in [0, 0.1) is 0 Å². The maximum atomic E-state index is 6.54. The molecule has 208 valence electrons. The van der Waals surface area contributed by atoms with Crippen molar-refractivity contribution in [1.29, 1.82) is 0 Å². The van der Waals surface area contributed by atoms with Gasteiger partial charge >= 0.3 is 0 Å². The van der Waals surface area contributed by atoms with Gasteiger partial charge in [0.25, 0.3) is 0 Å². The van der Waals surface area contributed by atoms with Crippen LogP contribution < -0.4 is 0 Å². The Balaban J connectivity index is 1.21. The molecule has 1 aliphatic carbocycles. The van der Waals surface area contributed by atoms with Gasteiger partial charge in [0.2, 0.25) is 5.89 Å². The second-order valence-corrected chi connectivity index (χ2v) is 11.9. The van der Waals surface area contributed by atoms with Crippen LogP contribution in [0.1, 0.15) is 0 Å². The van der Waals surface area contributed by atoms with Crippen molar-refractivity contribution in [3.8, 4) is 39.4 Å². The number of aromatic nitrogens is 2. The Hall–Kier alpha value is -6.13. The molecule has 3 aromatic heterocycles. The van der Waals surface area contributed by atoms with Gasteiger partial charge in [0.15, 0.2) is 5.58 Å². The molecule has 3 heterocycles. The Labute approximate surface area is 256 Å². The molecule has 10 aromatic rings. The second-order valence-electron chi connectivity index (χ2n) is 11.9. The molecule has 0 spiro atoms. The van der Waals surface area contributed by atoms with Crippen molar-refractivity contribution in [1.82, 2.24) is 9.55 Å². The third-order valence-corrected chi connectivity index (χ3v) is 9.57. The summed E-state index contributed by atoms with van der Waals surface area (Å²) in [7, 11) is 0. The smallest absolute Gasteiger partial charge is 0.228 e.